The minimum atomic E-state index is -0.241. The first-order valence-electron chi connectivity index (χ1n) is 13.1. The molecule has 0 unspecified atom stereocenters. The minimum Gasteiger partial charge on any atom is -0.338 e. The molecular formula is C28H34N6O2S. The Morgan fingerprint density at radius 2 is 1.95 bits per heavy atom. The van der Waals surface area contributed by atoms with E-state index >= 15 is 0 Å². The third kappa shape index (κ3) is 6.28. The first-order valence-corrected chi connectivity index (χ1v) is 14.0. The van der Waals surface area contributed by atoms with E-state index in [1.165, 1.54) is 42.6 Å². The molecule has 5 rings (SSSR count). The maximum Gasteiger partial charge on any atom is 0.317 e. The summed E-state index contributed by atoms with van der Waals surface area (Å²) in [6.07, 6.45) is 9.91. The van der Waals surface area contributed by atoms with Gasteiger partial charge in [-0.15, -0.1) is 11.3 Å². The average molecular weight is 519 g/mol. The lowest BCUT2D eigenvalue weighted by atomic mass is 9.97. The highest BCUT2D eigenvalue weighted by atomic mass is 32.1. The second kappa shape index (κ2) is 11.7. The molecular weight excluding hydrogens is 484 g/mol. The Labute approximate surface area is 221 Å². The van der Waals surface area contributed by atoms with Crippen LogP contribution in [0.4, 0.5) is 10.6 Å². The summed E-state index contributed by atoms with van der Waals surface area (Å²) in [5.41, 5.74) is 3.70. The molecule has 9 heteroatoms. The van der Waals surface area contributed by atoms with Crippen LogP contribution in [0.3, 0.4) is 0 Å². The summed E-state index contributed by atoms with van der Waals surface area (Å²) in [6, 6.07) is 11.8. The smallest absolute Gasteiger partial charge is 0.317 e. The molecule has 0 atom stereocenters. The van der Waals surface area contributed by atoms with Crippen molar-refractivity contribution in [2.45, 2.75) is 50.9 Å². The number of amides is 3. The Morgan fingerprint density at radius 1 is 1.14 bits per heavy atom. The Morgan fingerprint density at radius 3 is 2.70 bits per heavy atom. The highest BCUT2D eigenvalue weighted by molar-refractivity contribution is 7.10. The standard InChI is InChI=1S/C28H34N6O2S/c1-33-25(18-23(32-33)21-10-6-3-7-11-21)31-26(35)24-19-37-27(30-24)22-13-16-34(17-14-22)28(36)29-15-12-20-8-4-2-5-9-20/h3,6-8,10-11,18-19,22H,2,4-5,9,12-17H2,1H3,(H,29,36)(H,31,35). The predicted molar refractivity (Wildman–Crippen MR) is 147 cm³/mol. The number of carbonyl (C=O) groups excluding carboxylic acids is 2. The number of benzene rings is 1. The van der Waals surface area contributed by atoms with Gasteiger partial charge in [0.2, 0.25) is 0 Å². The second-order valence-electron chi connectivity index (χ2n) is 9.78. The molecule has 2 N–H and O–H groups in total. The fraction of sp³-hybridized carbons (Fsp3) is 0.429. The van der Waals surface area contributed by atoms with E-state index in [1.54, 1.807) is 4.68 Å². The number of piperidine rings is 1. The molecule has 3 amide bonds. The summed E-state index contributed by atoms with van der Waals surface area (Å²) < 4.78 is 1.67. The molecule has 1 fully saturated rings. The van der Waals surface area contributed by atoms with Gasteiger partial charge in [0.05, 0.1) is 10.7 Å². The number of rotatable bonds is 7. The Kier molecular flexibility index (Phi) is 7.99. The van der Waals surface area contributed by atoms with Crippen molar-refractivity contribution in [3.63, 3.8) is 0 Å². The summed E-state index contributed by atoms with van der Waals surface area (Å²) in [6.45, 7) is 2.12. The Balaban J connectivity index is 1.10. The largest absolute Gasteiger partial charge is 0.338 e. The van der Waals surface area contributed by atoms with E-state index in [0.717, 1.165) is 35.5 Å². The Hall–Kier alpha value is -3.46. The molecule has 0 bridgehead atoms. The quantitative estimate of drug-likeness (QED) is 0.400. The number of thiazole rings is 1. The first kappa shape index (κ1) is 25.2. The first-order chi connectivity index (χ1) is 18.1. The normalized spacial score (nSPS) is 16.4. The zero-order valence-corrected chi connectivity index (χ0v) is 22.1. The maximum atomic E-state index is 12.9. The predicted octanol–water partition coefficient (Wildman–Crippen LogP) is 5.58. The fourth-order valence-electron chi connectivity index (χ4n) is 5.00. The van der Waals surface area contributed by atoms with Crippen molar-refractivity contribution >= 4 is 29.1 Å². The lowest BCUT2D eigenvalue weighted by Gasteiger charge is -2.31. The number of allylic oxidation sites excluding steroid dienone is 1. The minimum absolute atomic E-state index is 0.0279. The van der Waals surface area contributed by atoms with Crippen molar-refractivity contribution in [2.24, 2.45) is 7.05 Å². The van der Waals surface area contributed by atoms with E-state index in [-0.39, 0.29) is 17.9 Å². The van der Waals surface area contributed by atoms with Crippen LogP contribution in [0, 0.1) is 0 Å². The van der Waals surface area contributed by atoms with Crippen molar-refractivity contribution in [3.05, 3.63) is 64.1 Å². The SMILES string of the molecule is Cn1nc(-c2ccccc2)cc1NC(=O)c1csc(C2CCN(C(=O)NCCC3=CCCCC3)CC2)n1. The van der Waals surface area contributed by atoms with Gasteiger partial charge in [-0.1, -0.05) is 42.0 Å². The average Bonchev–Trinajstić information content (AvgIpc) is 3.57. The van der Waals surface area contributed by atoms with Gasteiger partial charge in [-0.05, 0) is 44.9 Å². The number of carbonyl (C=O) groups is 2. The molecule has 1 aliphatic carbocycles. The van der Waals surface area contributed by atoms with Gasteiger partial charge >= 0.3 is 6.03 Å². The van der Waals surface area contributed by atoms with E-state index in [2.05, 4.69) is 26.8 Å². The van der Waals surface area contributed by atoms with Gasteiger partial charge in [0, 0.05) is 49.6 Å². The van der Waals surface area contributed by atoms with Crippen molar-refractivity contribution in [2.75, 3.05) is 25.0 Å². The van der Waals surface area contributed by atoms with E-state index < -0.39 is 0 Å². The number of hydrogen-bond acceptors (Lipinski definition) is 5. The number of urea groups is 1. The number of aromatic nitrogens is 3. The van der Waals surface area contributed by atoms with Gasteiger partial charge in [-0.25, -0.2) is 9.78 Å². The highest BCUT2D eigenvalue weighted by Crippen LogP contribution is 2.31. The van der Waals surface area contributed by atoms with Gasteiger partial charge in [0.25, 0.3) is 5.91 Å². The van der Waals surface area contributed by atoms with Crippen molar-refractivity contribution in [3.8, 4) is 11.3 Å². The van der Waals surface area contributed by atoms with Crippen LogP contribution in [0.15, 0.2) is 53.4 Å². The molecule has 3 aromatic rings. The van der Waals surface area contributed by atoms with Crippen molar-refractivity contribution in [1.29, 1.82) is 0 Å². The summed E-state index contributed by atoms with van der Waals surface area (Å²) >= 11 is 1.52. The van der Waals surface area contributed by atoms with Gasteiger partial charge in [0.1, 0.15) is 11.5 Å². The summed E-state index contributed by atoms with van der Waals surface area (Å²) in [5.74, 6) is 0.650. The molecule has 1 aliphatic heterocycles. The molecule has 37 heavy (non-hydrogen) atoms. The molecule has 2 aromatic heterocycles. The van der Waals surface area contributed by atoms with Gasteiger partial charge in [-0.2, -0.15) is 5.10 Å². The monoisotopic (exact) mass is 518 g/mol. The molecule has 3 heterocycles. The van der Waals surface area contributed by atoms with Gasteiger partial charge < -0.3 is 15.5 Å². The highest BCUT2D eigenvalue weighted by Gasteiger charge is 2.26. The van der Waals surface area contributed by atoms with Crippen LogP contribution in [-0.4, -0.2) is 51.2 Å². The number of hydrogen-bond donors (Lipinski definition) is 2. The third-order valence-corrected chi connectivity index (χ3v) is 8.19. The zero-order chi connectivity index (χ0) is 25.6. The van der Waals surface area contributed by atoms with Crippen LogP contribution in [0.1, 0.15) is 66.4 Å². The maximum absolute atomic E-state index is 12.9. The van der Waals surface area contributed by atoms with E-state index in [0.29, 0.717) is 31.1 Å². The number of likely N-dealkylation sites (tertiary alicyclic amines) is 1. The molecule has 1 saturated heterocycles. The molecule has 8 nitrogen and oxygen atoms in total. The molecule has 194 valence electrons. The number of aryl methyl sites for hydroxylation is 1. The number of anilines is 1. The molecule has 2 aliphatic rings. The second-order valence-corrected chi connectivity index (χ2v) is 10.7. The molecule has 0 spiro atoms. The fourth-order valence-corrected chi connectivity index (χ4v) is 5.97. The van der Waals surface area contributed by atoms with Crippen LogP contribution in [0.25, 0.3) is 11.3 Å². The van der Waals surface area contributed by atoms with Crippen molar-refractivity contribution in [1.82, 2.24) is 25.0 Å². The van der Waals surface area contributed by atoms with Gasteiger partial charge in [-0.3, -0.25) is 9.48 Å². The van der Waals surface area contributed by atoms with Crippen LogP contribution >= 0.6 is 11.3 Å². The topological polar surface area (TPSA) is 92.2 Å². The van der Waals surface area contributed by atoms with E-state index in [9.17, 15) is 9.59 Å². The Bertz CT molecular complexity index is 1260. The summed E-state index contributed by atoms with van der Waals surface area (Å²) in [4.78, 5) is 32.0. The third-order valence-electron chi connectivity index (χ3n) is 7.18. The molecule has 0 radical (unpaired) electrons. The number of nitrogens with one attached hydrogen (secondary N) is 2. The molecule has 1 aromatic carbocycles. The summed E-state index contributed by atoms with van der Waals surface area (Å²) in [7, 11) is 1.81. The van der Waals surface area contributed by atoms with Crippen LogP contribution in [0.5, 0.6) is 0 Å². The van der Waals surface area contributed by atoms with Crippen LogP contribution in [0.2, 0.25) is 0 Å². The zero-order valence-electron chi connectivity index (χ0n) is 21.3. The lowest BCUT2D eigenvalue weighted by molar-refractivity contribution is 0.102. The van der Waals surface area contributed by atoms with Gasteiger partial charge in [0.15, 0.2) is 0 Å². The van der Waals surface area contributed by atoms with Crippen LogP contribution < -0.4 is 10.6 Å². The molecule has 0 saturated carbocycles. The van der Waals surface area contributed by atoms with E-state index in [1.807, 2.05) is 53.7 Å². The lowest BCUT2D eigenvalue weighted by Crippen LogP contribution is -2.44. The summed E-state index contributed by atoms with van der Waals surface area (Å²) in [5, 5.41) is 13.3. The van der Waals surface area contributed by atoms with Crippen molar-refractivity contribution < 1.29 is 9.59 Å². The number of nitrogens with zero attached hydrogens (tertiary/aromatic N) is 4. The van der Waals surface area contributed by atoms with E-state index in [4.69, 9.17) is 0 Å². The van der Waals surface area contributed by atoms with Crippen LogP contribution in [-0.2, 0) is 7.05 Å².